The second-order valence-electron chi connectivity index (χ2n) is 7.00. The number of halogens is 2. The summed E-state index contributed by atoms with van der Waals surface area (Å²) in [6.45, 7) is 6.06. The van der Waals surface area contributed by atoms with Crippen LogP contribution in [0.3, 0.4) is 0 Å². The van der Waals surface area contributed by atoms with E-state index < -0.39 is 0 Å². The standard InChI is InChI=1S/C22H22Cl2N4O2/c1-4-9-28(12-21(29)27-19-11-16(23)6-7-17(19)24)22(30)15-5-8-18-20(10-15)26-14(3)13(2)25-18/h5-8,10-11H,4,9,12H2,1-3H3,(H,27,29). The highest BCUT2D eigenvalue weighted by molar-refractivity contribution is 6.35. The number of benzene rings is 2. The van der Waals surface area contributed by atoms with Crippen molar-refractivity contribution >= 4 is 51.7 Å². The number of carbonyl (C=O) groups excluding carboxylic acids is 2. The zero-order chi connectivity index (χ0) is 21.8. The molecule has 2 amide bonds. The minimum atomic E-state index is -0.354. The molecule has 0 spiro atoms. The molecule has 0 aliphatic rings. The number of rotatable bonds is 6. The lowest BCUT2D eigenvalue weighted by Gasteiger charge is -2.22. The van der Waals surface area contributed by atoms with Crippen molar-refractivity contribution in [3.63, 3.8) is 0 Å². The fourth-order valence-corrected chi connectivity index (χ4v) is 3.36. The van der Waals surface area contributed by atoms with Crippen molar-refractivity contribution in [1.29, 1.82) is 0 Å². The van der Waals surface area contributed by atoms with Crippen LogP contribution in [0.2, 0.25) is 10.0 Å². The van der Waals surface area contributed by atoms with Crippen LogP contribution in [0.15, 0.2) is 36.4 Å². The lowest BCUT2D eigenvalue weighted by molar-refractivity contribution is -0.116. The Morgan fingerprint density at radius 2 is 1.70 bits per heavy atom. The zero-order valence-corrected chi connectivity index (χ0v) is 18.5. The lowest BCUT2D eigenvalue weighted by Crippen LogP contribution is -2.38. The van der Waals surface area contributed by atoms with E-state index in [1.807, 2.05) is 20.8 Å². The Kier molecular flexibility index (Phi) is 6.90. The van der Waals surface area contributed by atoms with Gasteiger partial charge in [0, 0.05) is 17.1 Å². The molecule has 0 radical (unpaired) electrons. The number of amides is 2. The molecule has 0 aliphatic carbocycles. The third kappa shape index (κ3) is 5.07. The van der Waals surface area contributed by atoms with E-state index in [9.17, 15) is 9.59 Å². The first kappa shape index (κ1) is 22.0. The lowest BCUT2D eigenvalue weighted by atomic mass is 10.1. The summed E-state index contributed by atoms with van der Waals surface area (Å²) in [5.41, 5.74) is 3.91. The quantitative estimate of drug-likeness (QED) is 0.577. The topological polar surface area (TPSA) is 75.2 Å². The first-order chi connectivity index (χ1) is 14.3. The van der Waals surface area contributed by atoms with Crippen LogP contribution in [0, 0.1) is 13.8 Å². The largest absolute Gasteiger partial charge is 0.329 e. The van der Waals surface area contributed by atoms with Crippen LogP contribution >= 0.6 is 23.2 Å². The first-order valence-electron chi connectivity index (χ1n) is 9.57. The fraction of sp³-hybridized carbons (Fsp3) is 0.273. The van der Waals surface area contributed by atoms with Crippen molar-refractivity contribution < 1.29 is 9.59 Å². The zero-order valence-electron chi connectivity index (χ0n) is 17.0. The average Bonchev–Trinajstić information content (AvgIpc) is 2.70. The summed E-state index contributed by atoms with van der Waals surface area (Å²) >= 11 is 12.1. The van der Waals surface area contributed by atoms with Crippen LogP contribution in [0.5, 0.6) is 0 Å². The molecule has 0 fully saturated rings. The minimum Gasteiger partial charge on any atom is -0.329 e. The molecule has 0 saturated carbocycles. The first-order valence-corrected chi connectivity index (χ1v) is 10.3. The van der Waals surface area contributed by atoms with Gasteiger partial charge in [0.2, 0.25) is 5.91 Å². The second-order valence-corrected chi connectivity index (χ2v) is 7.84. The van der Waals surface area contributed by atoms with Gasteiger partial charge in [0.1, 0.15) is 6.54 Å². The molecule has 3 rings (SSSR count). The molecule has 3 aromatic rings. The monoisotopic (exact) mass is 444 g/mol. The molecule has 1 aromatic heterocycles. The van der Waals surface area contributed by atoms with E-state index in [1.54, 1.807) is 36.4 Å². The van der Waals surface area contributed by atoms with Crippen LogP contribution in [0.1, 0.15) is 35.1 Å². The summed E-state index contributed by atoms with van der Waals surface area (Å²) in [6.07, 6.45) is 0.711. The van der Waals surface area contributed by atoms with Crippen LogP contribution < -0.4 is 5.32 Å². The van der Waals surface area contributed by atoms with E-state index in [0.717, 1.165) is 16.9 Å². The number of aromatic nitrogens is 2. The molecule has 8 heteroatoms. The third-order valence-corrected chi connectivity index (χ3v) is 5.20. The Morgan fingerprint density at radius 3 is 2.40 bits per heavy atom. The Labute approximate surface area is 185 Å². The van der Waals surface area contributed by atoms with E-state index in [1.165, 1.54) is 4.90 Å². The van der Waals surface area contributed by atoms with Crippen LogP contribution in [-0.2, 0) is 4.79 Å². The summed E-state index contributed by atoms with van der Waals surface area (Å²) in [5, 5.41) is 3.55. The maximum absolute atomic E-state index is 13.1. The van der Waals surface area contributed by atoms with Crippen molar-refractivity contribution in [2.24, 2.45) is 0 Å². The van der Waals surface area contributed by atoms with Gasteiger partial charge in [-0.15, -0.1) is 0 Å². The second kappa shape index (κ2) is 9.41. The van der Waals surface area contributed by atoms with Gasteiger partial charge in [-0.1, -0.05) is 30.1 Å². The molecule has 0 saturated heterocycles. The van der Waals surface area contributed by atoms with Crippen LogP contribution in [0.25, 0.3) is 11.0 Å². The maximum atomic E-state index is 13.1. The molecular weight excluding hydrogens is 423 g/mol. The van der Waals surface area contributed by atoms with Gasteiger partial charge in [0.05, 0.1) is 33.1 Å². The summed E-state index contributed by atoms with van der Waals surface area (Å²) < 4.78 is 0. The molecule has 156 valence electrons. The van der Waals surface area contributed by atoms with Gasteiger partial charge in [0.15, 0.2) is 0 Å². The summed E-state index contributed by atoms with van der Waals surface area (Å²) in [6, 6.07) is 10.0. The summed E-state index contributed by atoms with van der Waals surface area (Å²) in [4.78, 5) is 36.2. The number of nitrogens with zero attached hydrogens (tertiary/aromatic N) is 3. The smallest absolute Gasteiger partial charge is 0.254 e. The molecule has 2 aromatic carbocycles. The molecule has 1 heterocycles. The van der Waals surface area contributed by atoms with Gasteiger partial charge in [-0.25, -0.2) is 9.97 Å². The van der Waals surface area contributed by atoms with E-state index in [4.69, 9.17) is 23.2 Å². The highest BCUT2D eigenvalue weighted by Gasteiger charge is 2.20. The van der Waals surface area contributed by atoms with Crippen molar-refractivity contribution in [3.8, 4) is 0 Å². The van der Waals surface area contributed by atoms with E-state index >= 15 is 0 Å². The number of hydrogen-bond donors (Lipinski definition) is 1. The Bertz CT molecular complexity index is 1120. The van der Waals surface area contributed by atoms with Gasteiger partial charge >= 0.3 is 0 Å². The van der Waals surface area contributed by atoms with Crippen LogP contribution in [-0.4, -0.2) is 39.8 Å². The van der Waals surface area contributed by atoms with E-state index in [0.29, 0.717) is 39.8 Å². The maximum Gasteiger partial charge on any atom is 0.254 e. The van der Waals surface area contributed by atoms with Gasteiger partial charge in [-0.3, -0.25) is 9.59 Å². The fourth-order valence-electron chi connectivity index (χ4n) is 3.02. The highest BCUT2D eigenvalue weighted by atomic mass is 35.5. The molecule has 0 atom stereocenters. The summed E-state index contributed by atoms with van der Waals surface area (Å²) in [7, 11) is 0. The Balaban J connectivity index is 1.80. The number of nitrogens with one attached hydrogen (secondary N) is 1. The number of fused-ring (bicyclic) bond motifs is 1. The molecule has 6 nitrogen and oxygen atoms in total. The predicted molar refractivity (Wildman–Crippen MR) is 120 cm³/mol. The Morgan fingerprint density at radius 1 is 1.00 bits per heavy atom. The molecule has 0 bridgehead atoms. The molecule has 30 heavy (non-hydrogen) atoms. The molecule has 0 aliphatic heterocycles. The Hall–Kier alpha value is -2.70. The van der Waals surface area contributed by atoms with Crippen molar-refractivity contribution in [1.82, 2.24) is 14.9 Å². The van der Waals surface area contributed by atoms with E-state index in [-0.39, 0.29) is 18.4 Å². The molecule has 1 N–H and O–H groups in total. The minimum absolute atomic E-state index is 0.105. The number of carbonyl (C=O) groups is 2. The number of hydrogen-bond acceptors (Lipinski definition) is 4. The predicted octanol–water partition coefficient (Wildman–Crippen LogP) is 5.04. The van der Waals surface area contributed by atoms with Crippen molar-refractivity contribution in [2.75, 3.05) is 18.4 Å². The summed E-state index contributed by atoms with van der Waals surface area (Å²) in [5.74, 6) is -0.598. The van der Waals surface area contributed by atoms with Crippen molar-refractivity contribution in [3.05, 3.63) is 63.4 Å². The SMILES string of the molecule is CCCN(CC(=O)Nc1cc(Cl)ccc1Cl)C(=O)c1ccc2nc(C)c(C)nc2c1. The third-order valence-electron chi connectivity index (χ3n) is 4.64. The molecule has 0 unspecified atom stereocenters. The highest BCUT2D eigenvalue weighted by Crippen LogP contribution is 2.25. The average molecular weight is 445 g/mol. The van der Waals surface area contributed by atoms with Crippen LogP contribution in [0.4, 0.5) is 5.69 Å². The normalized spacial score (nSPS) is 10.8. The van der Waals surface area contributed by atoms with Gasteiger partial charge in [-0.2, -0.15) is 0 Å². The number of anilines is 1. The van der Waals surface area contributed by atoms with Gasteiger partial charge in [-0.05, 0) is 56.7 Å². The van der Waals surface area contributed by atoms with Gasteiger partial charge in [0.25, 0.3) is 5.91 Å². The molecular formula is C22H22Cl2N4O2. The number of aryl methyl sites for hydroxylation is 2. The van der Waals surface area contributed by atoms with Gasteiger partial charge < -0.3 is 10.2 Å². The van der Waals surface area contributed by atoms with Crippen molar-refractivity contribution in [2.45, 2.75) is 27.2 Å². The van der Waals surface area contributed by atoms with E-state index in [2.05, 4.69) is 15.3 Å².